The van der Waals surface area contributed by atoms with E-state index in [1.807, 2.05) is 13.8 Å². The minimum Gasteiger partial charge on any atom is -0.330 e. The molecule has 0 saturated heterocycles. The third-order valence-electron chi connectivity index (χ3n) is 5.63. The molecule has 0 radical (unpaired) electrons. The number of hydrogen-bond acceptors (Lipinski definition) is 3. The molecule has 0 bridgehead atoms. The molecule has 2 aromatic heterocycles. The maximum Gasteiger partial charge on any atom is 0.257 e. The van der Waals surface area contributed by atoms with Gasteiger partial charge in [0, 0.05) is 37.5 Å². The highest BCUT2D eigenvalue weighted by Gasteiger charge is 2.34. The van der Waals surface area contributed by atoms with Crippen LogP contribution in [0, 0.1) is 24.4 Å². The molecule has 9 heteroatoms. The average Bonchev–Trinajstić information content (AvgIpc) is 3.19. The van der Waals surface area contributed by atoms with Crippen molar-refractivity contribution in [1.82, 2.24) is 24.5 Å². The highest BCUT2D eigenvalue weighted by Crippen LogP contribution is 2.36. The molecule has 1 aromatic carbocycles. The van der Waals surface area contributed by atoms with Gasteiger partial charge in [-0.05, 0) is 32.4 Å². The second kappa shape index (κ2) is 6.75. The zero-order valence-corrected chi connectivity index (χ0v) is 16.5. The van der Waals surface area contributed by atoms with Crippen LogP contribution >= 0.6 is 0 Å². The SMILES string of the molecule is Cc1c(C(=O)N2CCc3c(nn(C)c3-c3cc(F)c(F)c(F)c3)[C@@H]2C)cnn1C. The van der Waals surface area contributed by atoms with Crippen LogP contribution in [0.3, 0.4) is 0 Å². The lowest BCUT2D eigenvalue weighted by molar-refractivity contribution is 0.0672. The third kappa shape index (κ3) is 2.92. The molecule has 1 aliphatic rings. The first kappa shape index (κ1) is 19.2. The van der Waals surface area contributed by atoms with Crippen molar-refractivity contribution in [1.29, 1.82) is 0 Å². The smallest absolute Gasteiger partial charge is 0.257 e. The number of halogens is 3. The van der Waals surface area contributed by atoms with E-state index in [2.05, 4.69) is 10.2 Å². The summed E-state index contributed by atoms with van der Waals surface area (Å²) in [7, 11) is 3.44. The van der Waals surface area contributed by atoms with E-state index >= 15 is 0 Å². The van der Waals surface area contributed by atoms with Gasteiger partial charge in [-0.15, -0.1) is 0 Å². The van der Waals surface area contributed by atoms with E-state index in [1.54, 1.807) is 29.9 Å². The van der Waals surface area contributed by atoms with Gasteiger partial charge < -0.3 is 4.90 Å². The minimum atomic E-state index is -1.50. The van der Waals surface area contributed by atoms with Gasteiger partial charge in [0.15, 0.2) is 17.5 Å². The average molecular weight is 403 g/mol. The molecule has 0 unspecified atom stereocenters. The zero-order valence-electron chi connectivity index (χ0n) is 16.5. The number of nitrogens with zero attached hydrogens (tertiary/aromatic N) is 5. The number of hydrogen-bond donors (Lipinski definition) is 0. The van der Waals surface area contributed by atoms with E-state index in [4.69, 9.17) is 0 Å². The highest BCUT2D eigenvalue weighted by atomic mass is 19.2. The number of amides is 1. The van der Waals surface area contributed by atoms with E-state index in [1.165, 1.54) is 4.68 Å². The molecule has 29 heavy (non-hydrogen) atoms. The van der Waals surface area contributed by atoms with Crippen LogP contribution in [-0.4, -0.2) is 36.9 Å². The topological polar surface area (TPSA) is 56.0 Å². The molecule has 3 aromatic rings. The molecule has 6 nitrogen and oxygen atoms in total. The van der Waals surface area contributed by atoms with Crippen LogP contribution in [0.1, 0.15) is 40.3 Å². The monoisotopic (exact) mass is 403 g/mol. The van der Waals surface area contributed by atoms with Crippen molar-refractivity contribution >= 4 is 5.91 Å². The van der Waals surface area contributed by atoms with Gasteiger partial charge in [0.1, 0.15) is 0 Å². The van der Waals surface area contributed by atoms with Crippen LogP contribution in [0.15, 0.2) is 18.3 Å². The van der Waals surface area contributed by atoms with Gasteiger partial charge in [0.2, 0.25) is 0 Å². The van der Waals surface area contributed by atoms with Crippen LogP contribution in [0.5, 0.6) is 0 Å². The number of carbonyl (C=O) groups excluding carboxylic acids is 1. The second-order valence-electron chi connectivity index (χ2n) is 7.28. The van der Waals surface area contributed by atoms with E-state index < -0.39 is 17.5 Å². The molecule has 152 valence electrons. The van der Waals surface area contributed by atoms with E-state index in [-0.39, 0.29) is 17.5 Å². The van der Waals surface area contributed by atoms with Gasteiger partial charge in [0.25, 0.3) is 5.91 Å². The molecule has 1 aliphatic heterocycles. The molecular formula is C20H20F3N5O. The van der Waals surface area contributed by atoms with E-state index in [0.717, 1.165) is 23.4 Å². The molecule has 4 rings (SSSR count). The number of aromatic nitrogens is 4. The maximum absolute atomic E-state index is 13.8. The number of benzene rings is 1. The minimum absolute atomic E-state index is 0.139. The zero-order chi connectivity index (χ0) is 21.0. The van der Waals surface area contributed by atoms with Crippen LogP contribution in [0.2, 0.25) is 0 Å². The van der Waals surface area contributed by atoms with Crippen molar-refractivity contribution < 1.29 is 18.0 Å². The second-order valence-corrected chi connectivity index (χ2v) is 7.28. The molecule has 0 fully saturated rings. The highest BCUT2D eigenvalue weighted by molar-refractivity contribution is 5.95. The number of aryl methyl sites for hydroxylation is 2. The molecule has 0 aliphatic carbocycles. The largest absolute Gasteiger partial charge is 0.330 e. The number of carbonyl (C=O) groups is 1. The van der Waals surface area contributed by atoms with Crippen LogP contribution in [0.25, 0.3) is 11.3 Å². The molecule has 0 N–H and O–H groups in total. The van der Waals surface area contributed by atoms with Crippen molar-refractivity contribution in [3.8, 4) is 11.3 Å². The Balaban J connectivity index is 1.73. The summed E-state index contributed by atoms with van der Waals surface area (Å²) in [5.41, 5.74) is 3.50. The van der Waals surface area contributed by atoms with Gasteiger partial charge in [-0.25, -0.2) is 13.2 Å². The Hall–Kier alpha value is -3.10. The quantitative estimate of drug-likeness (QED) is 0.617. The number of rotatable bonds is 2. The van der Waals surface area contributed by atoms with Crippen LogP contribution in [0.4, 0.5) is 13.2 Å². The van der Waals surface area contributed by atoms with Gasteiger partial charge in [-0.3, -0.25) is 14.2 Å². The van der Waals surface area contributed by atoms with Gasteiger partial charge in [0.05, 0.1) is 29.2 Å². The predicted molar refractivity (Wildman–Crippen MR) is 99.6 cm³/mol. The molecule has 1 amide bonds. The Morgan fingerprint density at radius 3 is 2.38 bits per heavy atom. The Labute approximate surface area is 165 Å². The maximum atomic E-state index is 13.8. The fourth-order valence-electron chi connectivity index (χ4n) is 3.94. The summed E-state index contributed by atoms with van der Waals surface area (Å²) < 4.78 is 44.1. The first-order chi connectivity index (χ1) is 13.7. The van der Waals surface area contributed by atoms with Crippen molar-refractivity contribution in [3.05, 3.63) is 58.3 Å². The number of fused-ring (bicyclic) bond motifs is 1. The van der Waals surface area contributed by atoms with E-state index in [0.29, 0.717) is 29.9 Å². The summed E-state index contributed by atoms with van der Waals surface area (Å²) in [5.74, 6) is -4.13. The molecule has 3 heterocycles. The lowest BCUT2D eigenvalue weighted by Crippen LogP contribution is -2.39. The van der Waals surface area contributed by atoms with Crippen molar-refractivity contribution in [2.75, 3.05) is 6.54 Å². The Morgan fingerprint density at radius 1 is 1.14 bits per heavy atom. The van der Waals surface area contributed by atoms with Crippen LogP contribution < -0.4 is 0 Å². The van der Waals surface area contributed by atoms with Crippen molar-refractivity contribution in [2.24, 2.45) is 14.1 Å². The van der Waals surface area contributed by atoms with Crippen molar-refractivity contribution in [2.45, 2.75) is 26.3 Å². The molecule has 1 atom stereocenters. The Morgan fingerprint density at radius 2 is 1.79 bits per heavy atom. The molecular weight excluding hydrogens is 383 g/mol. The molecule has 0 saturated carbocycles. The van der Waals surface area contributed by atoms with E-state index in [9.17, 15) is 18.0 Å². The lowest BCUT2D eigenvalue weighted by Gasteiger charge is -2.33. The fourth-order valence-corrected chi connectivity index (χ4v) is 3.94. The lowest BCUT2D eigenvalue weighted by atomic mass is 9.95. The predicted octanol–water partition coefficient (Wildman–Crippen LogP) is 3.31. The molecule has 0 spiro atoms. The summed E-state index contributed by atoms with van der Waals surface area (Å²) >= 11 is 0. The third-order valence-corrected chi connectivity index (χ3v) is 5.63. The normalized spacial score (nSPS) is 16.2. The summed E-state index contributed by atoms with van der Waals surface area (Å²) in [6.07, 6.45) is 2.02. The Kier molecular flexibility index (Phi) is 4.48. The van der Waals surface area contributed by atoms with Gasteiger partial charge >= 0.3 is 0 Å². The van der Waals surface area contributed by atoms with Gasteiger partial charge in [-0.1, -0.05) is 0 Å². The summed E-state index contributed by atoms with van der Waals surface area (Å²) in [6, 6.07) is 1.61. The Bertz CT molecular complexity index is 1110. The van der Waals surface area contributed by atoms with Gasteiger partial charge in [-0.2, -0.15) is 10.2 Å². The summed E-state index contributed by atoms with van der Waals surface area (Å²) in [6.45, 7) is 4.12. The summed E-state index contributed by atoms with van der Waals surface area (Å²) in [4.78, 5) is 14.8. The van der Waals surface area contributed by atoms with Crippen molar-refractivity contribution in [3.63, 3.8) is 0 Å². The first-order valence-electron chi connectivity index (χ1n) is 9.21. The standard InChI is InChI=1S/C20H20F3N5O/c1-10-14(9-24-26(10)3)20(29)28-6-5-13-18(11(28)2)25-27(4)19(13)12-7-15(21)17(23)16(22)8-12/h7-9,11H,5-6H2,1-4H3/t11-/m0/s1. The first-order valence-corrected chi connectivity index (χ1v) is 9.21. The summed E-state index contributed by atoms with van der Waals surface area (Å²) in [5, 5.41) is 8.64. The van der Waals surface area contributed by atoms with Crippen LogP contribution in [-0.2, 0) is 20.5 Å². The fraction of sp³-hybridized carbons (Fsp3) is 0.350.